The maximum Gasteiger partial charge on any atom is 0.337 e. The first-order valence-corrected chi connectivity index (χ1v) is 7.49. The average Bonchev–Trinajstić information content (AvgIpc) is 3.05. The molecule has 1 aliphatic heterocycles. The Morgan fingerprint density at radius 1 is 1.08 bits per heavy atom. The van der Waals surface area contributed by atoms with Crippen molar-refractivity contribution in [2.24, 2.45) is 4.99 Å². The minimum Gasteiger partial charge on any atom is -0.478 e. The van der Waals surface area contributed by atoms with Crippen molar-refractivity contribution in [1.29, 1.82) is 0 Å². The Morgan fingerprint density at radius 2 is 1.79 bits per heavy atom. The number of pyridine rings is 1. The van der Waals surface area contributed by atoms with Gasteiger partial charge in [-0.25, -0.2) is 4.79 Å². The first-order chi connectivity index (χ1) is 11.5. The van der Waals surface area contributed by atoms with Gasteiger partial charge < -0.3 is 5.11 Å². The summed E-state index contributed by atoms with van der Waals surface area (Å²) in [5.41, 5.74) is 1.59. The molecular formula is C19H16N2O3. The molecule has 1 aliphatic rings. The highest BCUT2D eigenvalue weighted by atomic mass is 16.4. The number of carbonyl (C=O) groups is 2. The molecule has 5 nitrogen and oxygen atoms in total. The lowest BCUT2D eigenvalue weighted by molar-refractivity contribution is 0.0696. The van der Waals surface area contributed by atoms with E-state index in [-0.39, 0.29) is 11.3 Å². The number of aromatic carboxylic acids is 1. The van der Waals surface area contributed by atoms with Crippen LogP contribution in [0.15, 0.2) is 53.7 Å². The molecule has 1 N–H and O–H groups in total. The molecule has 0 saturated carbocycles. The van der Waals surface area contributed by atoms with Crippen LogP contribution in [0.4, 0.5) is 0 Å². The lowest BCUT2D eigenvalue weighted by atomic mass is 9.83. The number of aromatic nitrogens is 1. The maximum absolute atomic E-state index is 13.3. The number of carbonyl (C=O) groups excluding carboxylic acids is 1. The Balaban J connectivity index is 2.13. The summed E-state index contributed by atoms with van der Waals surface area (Å²) in [4.78, 5) is 32.9. The lowest BCUT2D eigenvalue weighted by Crippen LogP contribution is -2.33. The minimum absolute atomic E-state index is 0.0689. The second-order valence-electron chi connectivity index (χ2n) is 5.74. The molecule has 1 aromatic carbocycles. The number of nitrogens with zero attached hydrogens (tertiary/aromatic N) is 2. The van der Waals surface area contributed by atoms with Crippen LogP contribution in [0, 0.1) is 13.8 Å². The third-order valence-corrected chi connectivity index (χ3v) is 4.16. The van der Waals surface area contributed by atoms with E-state index in [1.165, 1.54) is 12.3 Å². The second-order valence-corrected chi connectivity index (χ2v) is 5.74. The third-order valence-electron chi connectivity index (χ3n) is 4.16. The summed E-state index contributed by atoms with van der Waals surface area (Å²) in [6.07, 6.45) is 6.22. The predicted molar refractivity (Wildman–Crippen MR) is 90.8 cm³/mol. The van der Waals surface area contributed by atoms with Gasteiger partial charge >= 0.3 is 5.97 Å². The number of rotatable bonds is 4. The van der Waals surface area contributed by atoms with Gasteiger partial charge in [-0.05, 0) is 49.3 Å². The van der Waals surface area contributed by atoms with Crippen LogP contribution in [0.2, 0.25) is 0 Å². The van der Waals surface area contributed by atoms with Crippen LogP contribution in [0.3, 0.4) is 0 Å². The van der Waals surface area contributed by atoms with Crippen LogP contribution >= 0.6 is 0 Å². The van der Waals surface area contributed by atoms with Gasteiger partial charge in [-0.1, -0.05) is 18.2 Å². The van der Waals surface area contributed by atoms with E-state index in [1.54, 1.807) is 24.4 Å². The fraction of sp³-hybridized carbons (Fsp3) is 0.158. The van der Waals surface area contributed by atoms with Crippen molar-refractivity contribution in [3.05, 3.63) is 76.6 Å². The minimum atomic E-state index is -1.24. The monoisotopic (exact) mass is 320 g/mol. The van der Waals surface area contributed by atoms with Gasteiger partial charge in [-0.3, -0.25) is 14.8 Å². The van der Waals surface area contributed by atoms with E-state index in [9.17, 15) is 9.59 Å². The summed E-state index contributed by atoms with van der Waals surface area (Å²) in [7, 11) is 0. The highest BCUT2D eigenvalue weighted by molar-refractivity contribution is 6.09. The number of carboxylic acids is 1. The summed E-state index contributed by atoms with van der Waals surface area (Å²) < 4.78 is 0. The van der Waals surface area contributed by atoms with E-state index >= 15 is 0 Å². The Hall–Kier alpha value is -3.08. The molecule has 0 radical (unpaired) electrons. The molecule has 2 aromatic rings. The van der Waals surface area contributed by atoms with E-state index in [4.69, 9.17) is 5.11 Å². The van der Waals surface area contributed by atoms with Crippen LogP contribution < -0.4 is 0 Å². The number of aliphatic imine (C=N–C) groups is 1. The van der Waals surface area contributed by atoms with Gasteiger partial charge in [0, 0.05) is 18.0 Å². The average molecular weight is 320 g/mol. The van der Waals surface area contributed by atoms with Crippen LogP contribution in [-0.4, -0.2) is 28.1 Å². The Bertz CT molecular complexity index is 848. The molecule has 1 unspecified atom stereocenters. The van der Waals surface area contributed by atoms with Crippen LogP contribution in [-0.2, 0) is 5.54 Å². The largest absolute Gasteiger partial charge is 0.478 e. The number of hydrogen-bond donors (Lipinski definition) is 1. The molecule has 120 valence electrons. The van der Waals surface area contributed by atoms with Gasteiger partial charge in [-0.15, -0.1) is 0 Å². The molecule has 0 bridgehead atoms. The van der Waals surface area contributed by atoms with Gasteiger partial charge in [0.05, 0.1) is 11.3 Å². The number of aryl methyl sites for hydroxylation is 2. The molecule has 24 heavy (non-hydrogen) atoms. The number of benzene rings is 1. The van der Waals surface area contributed by atoms with Gasteiger partial charge in [-0.2, -0.15) is 0 Å². The standard InChI is InChI=1S/C19H16N2O3/c1-12-5-3-6-13(2)16(12)17(22)19(9-4-10-21-19)15-8-7-14(11-20-15)18(23)24/h3-11H,1-2H3,(H,23,24). The Morgan fingerprint density at radius 3 is 2.29 bits per heavy atom. The van der Waals surface area contributed by atoms with Crippen molar-refractivity contribution in [2.75, 3.05) is 0 Å². The molecule has 3 rings (SSSR count). The van der Waals surface area contributed by atoms with Crippen molar-refractivity contribution < 1.29 is 14.7 Å². The van der Waals surface area contributed by atoms with Crippen molar-refractivity contribution in [2.45, 2.75) is 19.4 Å². The van der Waals surface area contributed by atoms with Crippen molar-refractivity contribution in [3.63, 3.8) is 0 Å². The fourth-order valence-corrected chi connectivity index (χ4v) is 2.90. The highest BCUT2D eigenvalue weighted by Gasteiger charge is 2.41. The summed E-state index contributed by atoms with van der Waals surface area (Å²) >= 11 is 0. The van der Waals surface area contributed by atoms with Crippen molar-refractivity contribution in [3.8, 4) is 0 Å². The number of ketones is 1. The number of carboxylic acid groups (broad SMARTS) is 1. The number of allylic oxidation sites excluding steroid dienone is 1. The Kier molecular flexibility index (Phi) is 3.85. The molecular weight excluding hydrogens is 304 g/mol. The van der Waals surface area contributed by atoms with Gasteiger partial charge in [0.1, 0.15) is 0 Å². The van der Waals surface area contributed by atoms with Crippen LogP contribution in [0.1, 0.15) is 37.5 Å². The zero-order valence-corrected chi connectivity index (χ0v) is 13.4. The van der Waals surface area contributed by atoms with Crippen LogP contribution in [0.25, 0.3) is 0 Å². The quantitative estimate of drug-likeness (QED) is 0.878. The van der Waals surface area contributed by atoms with Crippen molar-refractivity contribution in [1.82, 2.24) is 4.98 Å². The van der Waals surface area contributed by atoms with Crippen LogP contribution in [0.5, 0.6) is 0 Å². The zero-order chi connectivity index (χ0) is 17.3. The summed E-state index contributed by atoms with van der Waals surface area (Å²) in [6, 6.07) is 8.66. The predicted octanol–water partition coefficient (Wildman–Crippen LogP) is 3.12. The first kappa shape index (κ1) is 15.8. The smallest absolute Gasteiger partial charge is 0.337 e. The summed E-state index contributed by atoms with van der Waals surface area (Å²) in [5.74, 6) is -1.23. The molecule has 1 atom stereocenters. The van der Waals surface area contributed by atoms with E-state index in [0.717, 1.165) is 11.1 Å². The van der Waals surface area contributed by atoms with E-state index in [0.29, 0.717) is 11.3 Å². The Labute approximate surface area is 139 Å². The molecule has 0 amide bonds. The molecule has 2 heterocycles. The van der Waals surface area contributed by atoms with Gasteiger partial charge in [0.2, 0.25) is 5.78 Å². The van der Waals surface area contributed by atoms with Gasteiger partial charge in [0.15, 0.2) is 5.54 Å². The molecule has 0 fully saturated rings. The molecule has 0 spiro atoms. The van der Waals surface area contributed by atoms with E-state index < -0.39 is 11.5 Å². The SMILES string of the molecule is Cc1cccc(C)c1C(=O)C1(c2ccc(C(=O)O)cn2)C=CC=N1. The molecule has 1 aromatic heterocycles. The van der Waals surface area contributed by atoms with E-state index in [2.05, 4.69) is 9.98 Å². The van der Waals surface area contributed by atoms with Gasteiger partial charge in [0.25, 0.3) is 0 Å². The summed E-state index contributed by atoms with van der Waals surface area (Å²) in [6.45, 7) is 3.77. The summed E-state index contributed by atoms with van der Waals surface area (Å²) in [5, 5.41) is 9.01. The topological polar surface area (TPSA) is 79.6 Å². The molecule has 0 saturated heterocycles. The second kappa shape index (κ2) is 5.85. The molecule has 5 heteroatoms. The van der Waals surface area contributed by atoms with E-state index in [1.807, 2.05) is 32.0 Å². The third kappa shape index (κ3) is 2.44. The van der Waals surface area contributed by atoms with Crippen molar-refractivity contribution >= 4 is 18.0 Å². The molecule has 0 aliphatic carbocycles. The fourth-order valence-electron chi connectivity index (χ4n) is 2.90. The highest BCUT2D eigenvalue weighted by Crippen LogP contribution is 2.34. The first-order valence-electron chi connectivity index (χ1n) is 7.49. The lowest BCUT2D eigenvalue weighted by Gasteiger charge is -2.24. The number of Topliss-reactive ketones (excluding diaryl/α,β-unsaturated/α-hetero) is 1. The number of hydrogen-bond acceptors (Lipinski definition) is 4. The maximum atomic E-state index is 13.3. The zero-order valence-electron chi connectivity index (χ0n) is 13.4. The normalized spacial score (nSPS) is 18.8.